The summed E-state index contributed by atoms with van der Waals surface area (Å²) in [5.74, 6) is 0.597. The Balaban J connectivity index is 1.81. The molecule has 2 aromatic rings. The molecule has 0 amide bonds. The predicted molar refractivity (Wildman–Crippen MR) is 90.8 cm³/mol. The number of hydrogen-bond donors (Lipinski definition) is 1. The number of anilines is 3. The van der Waals surface area contributed by atoms with E-state index in [1.54, 1.807) is 12.3 Å². The number of aromatic nitrogens is 2. The lowest BCUT2D eigenvalue weighted by Crippen LogP contribution is -2.35. The molecule has 0 unspecified atom stereocenters. The van der Waals surface area contributed by atoms with Crippen molar-refractivity contribution in [1.82, 2.24) is 9.97 Å². The van der Waals surface area contributed by atoms with Gasteiger partial charge in [-0.25, -0.2) is 13.8 Å². The van der Waals surface area contributed by atoms with Gasteiger partial charge in [0.05, 0.1) is 9.50 Å². The highest BCUT2D eigenvalue weighted by atomic mass is 79.9. The topological polar surface area (TPSA) is 41.1 Å². The molecule has 4 nitrogen and oxygen atoms in total. The quantitative estimate of drug-likeness (QED) is 0.805. The van der Waals surface area contributed by atoms with Crippen molar-refractivity contribution >= 4 is 45.0 Å². The molecule has 122 valence electrons. The molecule has 3 rings (SSSR count). The number of alkyl halides is 1. The van der Waals surface area contributed by atoms with Crippen molar-refractivity contribution < 1.29 is 8.78 Å². The summed E-state index contributed by atoms with van der Waals surface area (Å²) in [5.41, 5.74) is 0.590. The largest absolute Gasteiger partial charge is 0.355 e. The lowest BCUT2D eigenvalue weighted by atomic mass is 10.1. The van der Waals surface area contributed by atoms with Gasteiger partial charge in [0.25, 0.3) is 0 Å². The van der Waals surface area contributed by atoms with E-state index in [0.717, 1.165) is 4.47 Å². The minimum absolute atomic E-state index is 0.0253. The van der Waals surface area contributed by atoms with Gasteiger partial charge in [-0.15, -0.1) is 0 Å². The maximum absolute atomic E-state index is 13.3. The number of hydrogen-bond acceptors (Lipinski definition) is 4. The third-order valence-electron chi connectivity index (χ3n) is 3.63. The van der Waals surface area contributed by atoms with E-state index in [1.807, 2.05) is 4.90 Å². The molecular weight excluding hydrogens is 390 g/mol. The van der Waals surface area contributed by atoms with E-state index in [2.05, 4.69) is 31.2 Å². The second-order valence-corrected chi connectivity index (χ2v) is 6.54. The first-order valence-electron chi connectivity index (χ1n) is 7.16. The summed E-state index contributed by atoms with van der Waals surface area (Å²) < 4.78 is 27.2. The van der Waals surface area contributed by atoms with Gasteiger partial charge in [-0.2, -0.15) is 4.98 Å². The highest BCUT2D eigenvalue weighted by Crippen LogP contribution is 2.29. The van der Waals surface area contributed by atoms with E-state index < -0.39 is 12.0 Å². The van der Waals surface area contributed by atoms with Gasteiger partial charge in [0.15, 0.2) is 0 Å². The highest BCUT2D eigenvalue weighted by molar-refractivity contribution is 9.10. The third-order valence-corrected chi connectivity index (χ3v) is 4.47. The summed E-state index contributed by atoms with van der Waals surface area (Å²) in [6.45, 7) is 1.22. The van der Waals surface area contributed by atoms with Crippen molar-refractivity contribution in [3.05, 3.63) is 39.7 Å². The number of halogens is 4. The Morgan fingerprint density at radius 2 is 2.04 bits per heavy atom. The van der Waals surface area contributed by atoms with Crippen molar-refractivity contribution in [1.29, 1.82) is 0 Å². The zero-order valence-electron chi connectivity index (χ0n) is 12.1. The van der Waals surface area contributed by atoms with Gasteiger partial charge in [0.2, 0.25) is 5.95 Å². The molecule has 0 aliphatic carbocycles. The van der Waals surface area contributed by atoms with Crippen molar-refractivity contribution in [2.24, 2.45) is 0 Å². The fourth-order valence-corrected chi connectivity index (χ4v) is 3.03. The number of nitrogens with zero attached hydrogens (tertiary/aromatic N) is 3. The number of benzene rings is 1. The predicted octanol–water partition coefficient (Wildman–Crippen LogP) is 4.71. The van der Waals surface area contributed by atoms with Crippen LogP contribution in [0.4, 0.5) is 26.2 Å². The fourth-order valence-electron chi connectivity index (χ4n) is 2.40. The Morgan fingerprint density at radius 3 is 2.74 bits per heavy atom. The molecule has 0 saturated carbocycles. The monoisotopic (exact) mass is 402 g/mol. The Hall–Kier alpha value is -1.47. The van der Waals surface area contributed by atoms with Crippen LogP contribution >= 0.6 is 27.5 Å². The van der Waals surface area contributed by atoms with Crippen LogP contribution in [0.1, 0.15) is 12.8 Å². The standard InChI is InChI=1S/C15H14BrClF2N4/c16-11-8-20-15(21-10-1-2-13(19)12(17)7-10)22-14(11)23-5-3-9(18)4-6-23/h1-2,7-9H,3-6H2,(H,20,21,22). The first-order valence-corrected chi connectivity index (χ1v) is 8.33. The lowest BCUT2D eigenvalue weighted by molar-refractivity contribution is 0.276. The molecule has 1 aromatic carbocycles. The molecule has 1 aliphatic rings. The summed E-state index contributed by atoms with van der Waals surface area (Å²) in [6, 6.07) is 4.30. The van der Waals surface area contributed by atoms with E-state index in [-0.39, 0.29) is 5.02 Å². The van der Waals surface area contributed by atoms with Crippen LogP contribution in [-0.2, 0) is 0 Å². The minimum atomic E-state index is -0.745. The lowest BCUT2D eigenvalue weighted by Gasteiger charge is -2.30. The van der Waals surface area contributed by atoms with Crippen molar-refractivity contribution in [2.75, 3.05) is 23.3 Å². The average molecular weight is 404 g/mol. The van der Waals surface area contributed by atoms with Crippen LogP contribution in [0.5, 0.6) is 0 Å². The van der Waals surface area contributed by atoms with Crippen molar-refractivity contribution in [3.63, 3.8) is 0 Å². The van der Waals surface area contributed by atoms with Crippen molar-refractivity contribution in [2.45, 2.75) is 19.0 Å². The van der Waals surface area contributed by atoms with Gasteiger partial charge in [-0.3, -0.25) is 0 Å². The molecule has 1 fully saturated rings. The summed E-state index contributed by atoms with van der Waals surface area (Å²) in [4.78, 5) is 10.7. The molecule has 1 N–H and O–H groups in total. The molecule has 23 heavy (non-hydrogen) atoms. The molecule has 1 saturated heterocycles. The summed E-state index contributed by atoms with van der Waals surface area (Å²) >= 11 is 9.19. The van der Waals surface area contributed by atoms with E-state index in [9.17, 15) is 8.78 Å². The van der Waals surface area contributed by atoms with Gasteiger partial charge in [0, 0.05) is 25.0 Å². The Morgan fingerprint density at radius 1 is 1.30 bits per heavy atom. The van der Waals surface area contributed by atoms with Gasteiger partial charge in [0.1, 0.15) is 17.8 Å². The van der Waals surface area contributed by atoms with Crippen molar-refractivity contribution in [3.8, 4) is 0 Å². The fraction of sp³-hybridized carbons (Fsp3) is 0.333. The molecule has 2 heterocycles. The van der Waals surface area contributed by atoms with E-state index in [1.165, 1.54) is 12.1 Å². The van der Waals surface area contributed by atoms with E-state index in [4.69, 9.17) is 11.6 Å². The zero-order valence-corrected chi connectivity index (χ0v) is 14.4. The molecule has 8 heteroatoms. The minimum Gasteiger partial charge on any atom is -0.355 e. The normalized spacial score (nSPS) is 15.7. The molecule has 0 spiro atoms. The molecule has 0 atom stereocenters. The molecule has 0 bridgehead atoms. The van der Waals surface area contributed by atoms with Crippen LogP contribution in [0.3, 0.4) is 0 Å². The number of nitrogens with one attached hydrogen (secondary N) is 1. The average Bonchev–Trinajstić information content (AvgIpc) is 2.54. The Kier molecular flexibility index (Phi) is 4.96. The number of rotatable bonds is 3. The second-order valence-electron chi connectivity index (χ2n) is 5.28. The van der Waals surface area contributed by atoms with Crippen LogP contribution in [0.25, 0.3) is 0 Å². The number of piperidine rings is 1. The van der Waals surface area contributed by atoms with Gasteiger partial charge in [-0.05, 0) is 47.0 Å². The summed E-state index contributed by atoms with van der Waals surface area (Å²) in [7, 11) is 0. The van der Waals surface area contributed by atoms with Gasteiger partial charge < -0.3 is 10.2 Å². The zero-order chi connectivity index (χ0) is 16.4. The van der Waals surface area contributed by atoms with Crippen LogP contribution in [0.2, 0.25) is 5.02 Å². The smallest absolute Gasteiger partial charge is 0.229 e. The first kappa shape index (κ1) is 16.4. The summed E-state index contributed by atoms with van der Waals surface area (Å²) in [6.07, 6.45) is 1.88. The third kappa shape index (κ3) is 3.90. The molecule has 1 aromatic heterocycles. The Bertz CT molecular complexity index is 708. The molecular formula is C15H14BrClF2N4. The van der Waals surface area contributed by atoms with Gasteiger partial charge >= 0.3 is 0 Å². The second kappa shape index (κ2) is 6.97. The maximum atomic E-state index is 13.3. The first-order chi connectivity index (χ1) is 11.0. The van der Waals surface area contributed by atoms with E-state index in [0.29, 0.717) is 43.4 Å². The van der Waals surface area contributed by atoms with Crippen LogP contribution in [-0.4, -0.2) is 29.2 Å². The maximum Gasteiger partial charge on any atom is 0.229 e. The van der Waals surface area contributed by atoms with Crippen LogP contribution < -0.4 is 10.2 Å². The highest BCUT2D eigenvalue weighted by Gasteiger charge is 2.21. The van der Waals surface area contributed by atoms with Crippen LogP contribution in [0.15, 0.2) is 28.9 Å². The van der Waals surface area contributed by atoms with E-state index >= 15 is 0 Å². The Labute approximate surface area is 146 Å². The molecule has 1 aliphatic heterocycles. The van der Waals surface area contributed by atoms with Crippen LogP contribution in [0, 0.1) is 5.82 Å². The SMILES string of the molecule is Fc1ccc(Nc2ncc(Br)c(N3CCC(F)CC3)n2)cc1Cl. The summed E-state index contributed by atoms with van der Waals surface area (Å²) in [5, 5.41) is 3.02. The molecule has 0 radical (unpaired) electrons. The van der Waals surface area contributed by atoms with Gasteiger partial charge in [-0.1, -0.05) is 11.6 Å².